The summed E-state index contributed by atoms with van der Waals surface area (Å²) < 4.78 is 0. The molecule has 2 N–H and O–H groups in total. The number of nitrogens with one attached hydrogen (secondary N) is 1. The van der Waals surface area contributed by atoms with E-state index in [-0.39, 0.29) is 18.6 Å². The molecule has 1 aromatic carbocycles. The van der Waals surface area contributed by atoms with Crippen LogP contribution in [0.2, 0.25) is 0 Å². The molecule has 19 heavy (non-hydrogen) atoms. The molecule has 1 aromatic rings. The lowest BCUT2D eigenvalue weighted by atomic mass is 9.99. The number of carbonyl (C=O) groups is 1. The lowest BCUT2D eigenvalue weighted by Gasteiger charge is -2.18. The third-order valence-electron chi connectivity index (χ3n) is 3.07. The van der Waals surface area contributed by atoms with Gasteiger partial charge in [-0.3, -0.25) is 4.79 Å². The van der Waals surface area contributed by atoms with Gasteiger partial charge in [0, 0.05) is 12.6 Å². The van der Waals surface area contributed by atoms with Crippen LogP contribution >= 0.6 is 0 Å². The van der Waals surface area contributed by atoms with Crippen LogP contribution in [0.1, 0.15) is 25.3 Å². The smallest absolute Gasteiger partial charge is 0.237 e. The SMILES string of the molecule is CCC(CCO)NC(=O)C(C#N)Cc1ccccc1. The molecule has 0 aliphatic carbocycles. The second kappa shape index (κ2) is 8.28. The zero-order valence-corrected chi connectivity index (χ0v) is 11.2. The van der Waals surface area contributed by atoms with Gasteiger partial charge in [-0.25, -0.2) is 0 Å². The number of rotatable bonds is 7. The molecule has 1 amide bonds. The van der Waals surface area contributed by atoms with Gasteiger partial charge in [-0.2, -0.15) is 5.26 Å². The first-order valence-electron chi connectivity index (χ1n) is 6.56. The summed E-state index contributed by atoms with van der Waals surface area (Å²) in [4.78, 5) is 12.0. The van der Waals surface area contributed by atoms with Crippen molar-refractivity contribution in [3.8, 4) is 6.07 Å². The summed E-state index contributed by atoms with van der Waals surface area (Å²) in [6.07, 6.45) is 1.68. The average molecular weight is 260 g/mol. The van der Waals surface area contributed by atoms with Gasteiger partial charge < -0.3 is 10.4 Å². The highest BCUT2D eigenvalue weighted by atomic mass is 16.3. The van der Waals surface area contributed by atoms with Crippen molar-refractivity contribution in [3.63, 3.8) is 0 Å². The predicted molar refractivity (Wildman–Crippen MR) is 73.2 cm³/mol. The number of benzene rings is 1. The molecule has 1 rings (SSSR count). The maximum absolute atomic E-state index is 12.0. The van der Waals surface area contributed by atoms with Crippen molar-refractivity contribution in [1.29, 1.82) is 5.26 Å². The van der Waals surface area contributed by atoms with Crippen LogP contribution in [0.15, 0.2) is 30.3 Å². The third kappa shape index (κ3) is 5.11. The zero-order chi connectivity index (χ0) is 14.1. The Hall–Kier alpha value is -1.86. The number of hydrogen-bond acceptors (Lipinski definition) is 3. The fourth-order valence-corrected chi connectivity index (χ4v) is 1.88. The number of aliphatic hydroxyl groups excluding tert-OH is 1. The normalized spacial score (nSPS) is 13.3. The van der Waals surface area contributed by atoms with E-state index in [2.05, 4.69) is 5.32 Å². The van der Waals surface area contributed by atoms with Crippen molar-refractivity contribution in [1.82, 2.24) is 5.32 Å². The third-order valence-corrected chi connectivity index (χ3v) is 3.07. The zero-order valence-electron chi connectivity index (χ0n) is 11.2. The maximum Gasteiger partial charge on any atom is 0.237 e. The summed E-state index contributed by atoms with van der Waals surface area (Å²) in [6, 6.07) is 11.5. The van der Waals surface area contributed by atoms with Crippen molar-refractivity contribution in [2.45, 2.75) is 32.2 Å². The van der Waals surface area contributed by atoms with E-state index in [1.54, 1.807) is 0 Å². The minimum Gasteiger partial charge on any atom is -0.396 e. The molecular weight excluding hydrogens is 240 g/mol. The Balaban J connectivity index is 2.60. The molecule has 2 unspecified atom stereocenters. The molecule has 0 aliphatic rings. The van der Waals surface area contributed by atoms with E-state index in [9.17, 15) is 4.79 Å². The van der Waals surface area contributed by atoms with Crippen LogP contribution in [-0.2, 0) is 11.2 Å². The molecule has 0 bridgehead atoms. The minimum atomic E-state index is -0.685. The highest BCUT2D eigenvalue weighted by Crippen LogP contribution is 2.09. The first kappa shape index (κ1) is 15.2. The number of amides is 1. The van der Waals surface area contributed by atoms with Gasteiger partial charge in [-0.15, -0.1) is 0 Å². The van der Waals surface area contributed by atoms with Crippen molar-refractivity contribution < 1.29 is 9.90 Å². The molecule has 2 atom stereocenters. The summed E-state index contributed by atoms with van der Waals surface area (Å²) in [5.41, 5.74) is 0.972. The Bertz CT molecular complexity index is 426. The highest BCUT2D eigenvalue weighted by Gasteiger charge is 2.20. The Morgan fingerprint density at radius 3 is 2.63 bits per heavy atom. The van der Waals surface area contributed by atoms with Crippen LogP contribution in [0.3, 0.4) is 0 Å². The summed E-state index contributed by atoms with van der Waals surface area (Å²) in [6.45, 7) is 1.98. The molecule has 102 valence electrons. The van der Waals surface area contributed by atoms with Gasteiger partial charge in [0.25, 0.3) is 0 Å². The Kier molecular flexibility index (Phi) is 6.62. The topological polar surface area (TPSA) is 73.1 Å². The quantitative estimate of drug-likeness (QED) is 0.783. The predicted octanol–water partition coefficient (Wildman–Crippen LogP) is 1.65. The highest BCUT2D eigenvalue weighted by molar-refractivity contribution is 5.81. The Morgan fingerprint density at radius 1 is 1.42 bits per heavy atom. The van der Waals surface area contributed by atoms with E-state index < -0.39 is 5.92 Å². The lowest BCUT2D eigenvalue weighted by Crippen LogP contribution is -2.39. The van der Waals surface area contributed by atoms with E-state index in [1.165, 1.54) is 0 Å². The van der Waals surface area contributed by atoms with Crippen LogP contribution in [0, 0.1) is 17.2 Å². The van der Waals surface area contributed by atoms with Gasteiger partial charge in [0.2, 0.25) is 5.91 Å². The summed E-state index contributed by atoms with van der Waals surface area (Å²) in [7, 11) is 0. The molecule has 4 heteroatoms. The summed E-state index contributed by atoms with van der Waals surface area (Å²) >= 11 is 0. The van der Waals surface area contributed by atoms with Crippen LogP contribution in [0.4, 0.5) is 0 Å². The number of hydrogen-bond donors (Lipinski definition) is 2. The van der Waals surface area contributed by atoms with Crippen LogP contribution in [0.25, 0.3) is 0 Å². The summed E-state index contributed by atoms with van der Waals surface area (Å²) in [5.74, 6) is -0.943. The van der Waals surface area contributed by atoms with Gasteiger partial charge >= 0.3 is 0 Å². The first-order chi connectivity index (χ1) is 9.21. The molecule has 0 heterocycles. The number of carbonyl (C=O) groups excluding carboxylic acids is 1. The Labute approximate surface area is 114 Å². The number of aliphatic hydroxyl groups is 1. The number of nitriles is 1. The van der Waals surface area contributed by atoms with Gasteiger partial charge in [0.1, 0.15) is 5.92 Å². The molecule has 0 aromatic heterocycles. The monoisotopic (exact) mass is 260 g/mol. The summed E-state index contributed by atoms with van der Waals surface area (Å²) in [5, 5.41) is 20.8. The van der Waals surface area contributed by atoms with E-state index >= 15 is 0 Å². The van der Waals surface area contributed by atoms with Gasteiger partial charge in [0.05, 0.1) is 6.07 Å². The lowest BCUT2D eigenvalue weighted by molar-refractivity contribution is -0.124. The Morgan fingerprint density at radius 2 is 2.11 bits per heavy atom. The van der Waals surface area contributed by atoms with E-state index in [4.69, 9.17) is 10.4 Å². The van der Waals surface area contributed by atoms with Crippen molar-refractivity contribution in [3.05, 3.63) is 35.9 Å². The van der Waals surface area contributed by atoms with E-state index in [0.29, 0.717) is 12.8 Å². The molecule has 4 nitrogen and oxygen atoms in total. The van der Waals surface area contributed by atoms with Crippen molar-refractivity contribution in [2.75, 3.05) is 6.61 Å². The fraction of sp³-hybridized carbons (Fsp3) is 0.467. The van der Waals surface area contributed by atoms with E-state index in [1.807, 2.05) is 43.3 Å². The van der Waals surface area contributed by atoms with E-state index in [0.717, 1.165) is 12.0 Å². The fourth-order valence-electron chi connectivity index (χ4n) is 1.88. The molecule has 0 radical (unpaired) electrons. The van der Waals surface area contributed by atoms with Crippen LogP contribution in [-0.4, -0.2) is 23.7 Å². The first-order valence-corrected chi connectivity index (χ1v) is 6.56. The van der Waals surface area contributed by atoms with Gasteiger partial charge in [-0.1, -0.05) is 37.3 Å². The molecular formula is C15H20N2O2. The van der Waals surface area contributed by atoms with Crippen LogP contribution in [0.5, 0.6) is 0 Å². The molecule has 0 saturated carbocycles. The average Bonchev–Trinajstić information content (AvgIpc) is 2.45. The van der Waals surface area contributed by atoms with Crippen molar-refractivity contribution >= 4 is 5.91 Å². The second-order valence-corrected chi connectivity index (χ2v) is 4.50. The molecule has 0 aliphatic heterocycles. The molecule has 0 fully saturated rings. The number of nitrogens with zero attached hydrogens (tertiary/aromatic N) is 1. The standard InChI is InChI=1S/C15H20N2O2/c1-2-14(8-9-18)17-15(19)13(11-16)10-12-6-4-3-5-7-12/h3-7,13-14,18H,2,8-10H2,1H3,(H,17,19). The maximum atomic E-state index is 12.0. The van der Waals surface area contributed by atoms with Gasteiger partial charge in [0.15, 0.2) is 0 Å². The molecule has 0 saturated heterocycles. The van der Waals surface area contributed by atoms with Crippen molar-refractivity contribution in [2.24, 2.45) is 5.92 Å². The van der Waals surface area contributed by atoms with Crippen LogP contribution < -0.4 is 5.32 Å². The minimum absolute atomic E-state index is 0.0364. The van der Waals surface area contributed by atoms with Gasteiger partial charge in [-0.05, 0) is 24.8 Å². The molecule has 0 spiro atoms. The largest absolute Gasteiger partial charge is 0.396 e. The second-order valence-electron chi connectivity index (χ2n) is 4.50.